The number of nitrogens with zero attached hydrogens (tertiary/aromatic N) is 2. The molecule has 18 heavy (non-hydrogen) atoms. The third-order valence-corrected chi connectivity index (χ3v) is 3.38. The van der Waals surface area contributed by atoms with Crippen molar-refractivity contribution in [1.29, 1.82) is 0 Å². The summed E-state index contributed by atoms with van der Waals surface area (Å²) >= 11 is 0. The van der Waals surface area contributed by atoms with Crippen molar-refractivity contribution in [2.24, 2.45) is 0 Å². The monoisotopic (exact) mass is 251 g/mol. The molecule has 4 heteroatoms. The van der Waals surface area contributed by atoms with Gasteiger partial charge in [-0.05, 0) is 46.2 Å². The number of ether oxygens (including phenoxy) is 1. The number of rotatable bonds is 5. The summed E-state index contributed by atoms with van der Waals surface area (Å²) in [6, 6.07) is 0. The Labute approximate surface area is 110 Å². The van der Waals surface area contributed by atoms with Gasteiger partial charge >= 0.3 is 0 Å². The number of nitrogens with one attached hydrogen (secondary N) is 1. The van der Waals surface area contributed by atoms with Crippen LogP contribution < -0.4 is 5.32 Å². The Morgan fingerprint density at radius 2 is 1.72 bits per heavy atom. The lowest BCUT2D eigenvalue weighted by Crippen LogP contribution is -2.25. The quantitative estimate of drug-likeness (QED) is 0.872. The van der Waals surface area contributed by atoms with Crippen LogP contribution in [0, 0.1) is 13.8 Å². The number of aryl methyl sites for hydroxylation is 2. The van der Waals surface area contributed by atoms with Crippen LogP contribution in [0.25, 0.3) is 0 Å². The van der Waals surface area contributed by atoms with Crippen molar-refractivity contribution in [3.8, 4) is 0 Å². The molecule has 0 saturated heterocycles. The smallest absolute Gasteiger partial charge is 0.160 e. The molecule has 1 rings (SSSR count). The summed E-state index contributed by atoms with van der Waals surface area (Å²) in [7, 11) is 3.65. The van der Waals surface area contributed by atoms with Crippen LogP contribution in [0.4, 0.5) is 0 Å². The third kappa shape index (κ3) is 3.06. The van der Waals surface area contributed by atoms with Crippen LogP contribution in [0.5, 0.6) is 0 Å². The molecule has 1 atom stereocenters. The Balaban J connectivity index is 3.20. The van der Waals surface area contributed by atoms with Gasteiger partial charge in [0.25, 0.3) is 0 Å². The van der Waals surface area contributed by atoms with E-state index in [4.69, 9.17) is 4.74 Å². The second-order valence-corrected chi connectivity index (χ2v) is 5.30. The first-order valence-electron chi connectivity index (χ1n) is 6.38. The lowest BCUT2D eigenvalue weighted by molar-refractivity contribution is 0.0111. The normalized spacial score (nSPS) is 13.7. The zero-order valence-electron chi connectivity index (χ0n) is 12.6. The summed E-state index contributed by atoms with van der Waals surface area (Å²) < 4.78 is 5.44. The maximum Gasteiger partial charge on any atom is 0.160 e. The maximum absolute atomic E-state index is 5.44. The second kappa shape index (κ2) is 5.76. The summed E-state index contributed by atoms with van der Waals surface area (Å²) in [4.78, 5) is 9.23. The fourth-order valence-electron chi connectivity index (χ4n) is 2.21. The molecule has 1 aromatic heterocycles. The molecule has 0 aliphatic carbocycles. The minimum Gasteiger partial charge on any atom is -0.371 e. The SMILES string of the molecule is CNCC(C)c1c(C)nc(C(C)(C)OC)nc1C. The van der Waals surface area contributed by atoms with E-state index < -0.39 is 5.60 Å². The van der Waals surface area contributed by atoms with E-state index in [9.17, 15) is 0 Å². The molecule has 1 N–H and O–H groups in total. The van der Waals surface area contributed by atoms with Crippen LogP contribution in [-0.2, 0) is 10.3 Å². The first kappa shape index (κ1) is 15.1. The van der Waals surface area contributed by atoms with Gasteiger partial charge in [0, 0.05) is 25.0 Å². The molecular weight excluding hydrogens is 226 g/mol. The molecule has 4 nitrogen and oxygen atoms in total. The molecule has 0 aliphatic rings. The minimum atomic E-state index is -0.444. The highest BCUT2D eigenvalue weighted by Crippen LogP contribution is 2.25. The van der Waals surface area contributed by atoms with Crippen molar-refractivity contribution in [2.75, 3.05) is 20.7 Å². The molecule has 0 aliphatic heterocycles. The highest BCUT2D eigenvalue weighted by molar-refractivity contribution is 5.29. The summed E-state index contributed by atoms with van der Waals surface area (Å²) in [5, 5.41) is 3.20. The number of methoxy groups -OCH3 is 1. The maximum atomic E-state index is 5.44. The molecule has 0 fully saturated rings. The molecule has 0 spiro atoms. The highest BCUT2D eigenvalue weighted by atomic mass is 16.5. The number of hydrogen-bond acceptors (Lipinski definition) is 4. The van der Waals surface area contributed by atoms with Crippen LogP contribution >= 0.6 is 0 Å². The zero-order chi connectivity index (χ0) is 13.9. The van der Waals surface area contributed by atoms with Crippen LogP contribution in [-0.4, -0.2) is 30.7 Å². The Morgan fingerprint density at radius 3 is 2.11 bits per heavy atom. The van der Waals surface area contributed by atoms with E-state index in [-0.39, 0.29) is 0 Å². The van der Waals surface area contributed by atoms with E-state index in [1.807, 2.05) is 34.7 Å². The Kier molecular flexibility index (Phi) is 4.82. The summed E-state index contributed by atoms with van der Waals surface area (Å²) in [5.74, 6) is 1.16. The molecule has 0 bridgehead atoms. The van der Waals surface area contributed by atoms with Gasteiger partial charge in [0.05, 0.1) is 0 Å². The standard InChI is InChI=1S/C14H25N3O/c1-9(8-15-6)12-10(2)16-13(17-11(12)3)14(4,5)18-7/h9,15H,8H2,1-7H3. The lowest BCUT2D eigenvalue weighted by Gasteiger charge is -2.24. The third-order valence-electron chi connectivity index (χ3n) is 3.38. The van der Waals surface area contributed by atoms with Crippen molar-refractivity contribution in [1.82, 2.24) is 15.3 Å². The van der Waals surface area contributed by atoms with E-state index in [0.29, 0.717) is 5.92 Å². The molecule has 0 aromatic carbocycles. The van der Waals surface area contributed by atoms with Crippen LogP contribution in [0.2, 0.25) is 0 Å². The van der Waals surface area contributed by atoms with E-state index in [1.54, 1.807) is 7.11 Å². The minimum absolute atomic E-state index is 0.412. The predicted octanol–water partition coefficient (Wildman–Crippen LogP) is 2.30. The second-order valence-electron chi connectivity index (χ2n) is 5.30. The van der Waals surface area contributed by atoms with Gasteiger partial charge < -0.3 is 10.1 Å². The molecule has 0 radical (unpaired) electrons. The molecule has 102 valence electrons. The molecule has 1 aromatic rings. The first-order chi connectivity index (χ1) is 8.33. The predicted molar refractivity (Wildman–Crippen MR) is 73.9 cm³/mol. The van der Waals surface area contributed by atoms with E-state index in [2.05, 4.69) is 22.2 Å². The van der Waals surface area contributed by atoms with Crippen molar-refractivity contribution < 1.29 is 4.74 Å². The Morgan fingerprint density at radius 1 is 1.22 bits per heavy atom. The molecule has 1 heterocycles. The number of hydrogen-bond donors (Lipinski definition) is 1. The van der Waals surface area contributed by atoms with Crippen LogP contribution in [0.15, 0.2) is 0 Å². The first-order valence-corrected chi connectivity index (χ1v) is 6.38. The zero-order valence-corrected chi connectivity index (χ0v) is 12.6. The van der Waals surface area contributed by atoms with Gasteiger partial charge in [-0.15, -0.1) is 0 Å². The van der Waals surface area contributed by atoms with Crippen molar-refractivity contribution in [2.45, 2.75) is 46.1 Å². The van der Waals surface area contributed by atoms with Crippen molar-refractivity contribution in [3.05, 3.63) is 22.8 Å². The summed E-state index contributed by atoms with van der Waals surface area (Å²) in [6.07, 6.45) is 0. The molecule has 1 unspecified atom stereocenters. The Bertz CT molecular complexity index is 392. The van der Waals surface area contributed by atoms with Gasteiger partial charge in [-0.1, -0.05) is 6.92 Å². The van der Waals surface area contributed by atoms with Crippen LogP contribution in [0.3, 0.4) is 0 Å². The summed E-state index contributed by atoms with van der Waals surface area (Å²) in [6.45, 7) is 11.2. The summed E-state index contributed by atoms with van der Waals surface area (Å²) in [5.41, 5.74) is 2.89. The van der Waals surface area contributed by atoms with Gasteiger partial charge in [-0.25, -0.2) is 9.97 Å². The van der Waals surface area contributed by atoms with E-state index in [0.717, 1.165) is 23.8 Å². The van der Waals surface area contributed by atoms with Gasteiger partial charge in [-0.2, -0.15) is 0 Å². The van der Waals surface area contributed by atoms with Crippen molar-refractivity contribution in [3.63, 3.8) is 0 Å². The number of likely N-dealkylation sites (N-methyl/N-ethyl adjacent to an activating group) is 1. The highest BCUT2D eigenvalue weighted by Gasteiger charge is 2.25. The van der Waals surface area contributed by atoms with Gasteiger partial charge in [0.2, 0.25) is 0 Å². The Hall–Kier alpha value is -1.00. The topological polar surface area (TPSA) is 47.0 Å². The largest absolute Gasteiger partial charge is 0.371 e. The average Bonchev–Trinajstić information content (AvgIpc) is 2.28. The van der Waals surface area contributed by atoms with Gasteiger partial charge in [0.1, 0.15) is 5.60 Å². The molecular formula is C14H25N3O. The fourth-order valence-corrected chi connectivity index (χ4v) is 2.21. The van der Waals surface area contributed by atoms with E-state index in [1.165, 1.54) is 5.56 Å². The lowest BCUT2D eigenvalue weighted by atomic mass is 9.97. The van der Waals surface area contributed by atoms with Gasteiger partial charge in [-0.3, -0.25) is 0 Å². The van der Waals surface area contributed by atoms with Crippen LogP contribution in [0.1, 0.15) is 49.5 Å². The fraction of sp³-hybridized carbons (Fsp3) is 0.714. The average molecular weight is 251 g/mol. The molecule has 0 amide bonds. The number of aromatic nitrogens is 2. The molecule has 0 saturated carbocycles. The van der Waals surface area contributed by atoms with Gasteiger partial charge in [0.15, 0.2) is 5.82 Å². The van der Waals surface area contributed by atoms with E-state index >= 15 is 0 Å². The van der Waals surface area contributed by atoms with Crippen molar-refractivity contribution >= 4 is 0 Å².